The standard InChI is InChI=1S/C37H58O11/c1-17-13-20-28(32(5,6)43)48-37(47-20)27(17)34(8)24(45-18(2)38)14-36-16-35(36)12-11-23(46-29-26(41)25(40)19(39)15-44-29)31(3,4)21(35)9-10-22(36)33(34,7)30(37)42/h17,19-30,39-43H,9-16H2,1-8H3/t17-,19+,20-,21?,22?,23?,24-,25+,26-,27-,28+,29+,30-,33-,34-,35-,36?,37-/m1/s1. The van der Waals surface area contributed by atoms with E-state index >= 15 is 0 Å². The molecule has 11 nitrogen and oxygen atoms in total. The second kappa shape index (κ2) is 10.2. The van der Waals surface area contributed by atoms with Crippen molar-refractivity contribution in [3.8, 4) is 0 Å². The fraction of sp³-hybridized carbons (Fsp3) is 0.973. The molecule has 5 N–H and O–H groups in total. The lowest BCUT2D eigenvalue weighted by Gasteiger charge is -2.65. The van der Waals surface area contributed by atoms with Crippen molar-refractivity contribution in [2.45, 2.75) is 167 Å². The van der Waals surface area contributed by atoms with E-state index in [2.05, 4.69) is 34.6 Å². The van der Waals surface area contributed by atoms with Gasteiger partial charge in [0.1, 0.15) is 36.6 Å². The van der Waals surface area contributed by atoms with Gasteiger partial charge in [-0.2, -0.15) is 0 Å². The number of rotatable bonds is 4. The maximum Gasteiger partial charge on any atom is 0.302 e. The zero-order valence-electron chi connectivity index (χ0n) is 29.8. The average Bonchev–Trinajstić information content (AvgIpc) is 3.48. The SMILES string of the molecule is CC(=O)O[C@@H]1CC23C[C@@]24CCC(O[C@@H]2OC[C@H](O)[C@H](O)[C@H]2O)C(C)(C)C4CCC3[C@]2(C)[C@@H](O)[C@@]34O[C@H](C[C@@H](C)[C@@H]3[C@@]12C)[C@@H](C(C)(C)O)O4. The summed E-state index contributed by atoms with van der Waals surface area (Å²) < 4.78 is 32.2. The van der Waals surface area contributed by atoms with Gasteiger partial charge in [-0.3, -0.25) is 4.79 Å². The van der Waals surface area contributed by atoms with Crippen molar-refractivity contribution in [1.29, 1.82) is 0 Å². The summed E-state index contributed by atoms with van der Waals surface area (Å²) >= 11 is 0. The zero-order chi connectivity index (χ0) is 34.8. The summed E-state index contributed by atoms with van der Waals surface area (Å²) in [6, 6.07) is 0. The van der Waals surface area contributed by atoms with Crippen LogP contribution in [0.1, 0.15) is 100 Å². The Labute approximate surface area is 284 Å². The number of esters is 1. The van der Waals surface area contributed by atoms with Gasteiger partial charge in [-0.25, -0.2) is 0 Å². The molecule has 272 valence electrons. The highest BCUT2D eigenvalue weighted by atomic mass is 16.8. The van der Waals surface area contributed by atoms with Gasteiger partial charge in [-0.1, -0.05) is 34.6 Å². The second-order valence-corrected chi connectivity index (χ2v) is 18.9. The van der Waals surface area contributed by atoms with Crippen LogP contribution in [0.25, 0.3) is 0 Å². The Kier molecular flexibility index (Phi) is 7.24. The molecule has 3 spiro atoms. The summed E-state index contributed by atoms with van der Waals surface area (Å²) in [6.07, 6.45) is -1.55. The number of carbonyl (C=O) groups is 1. The highest BCUT2D eigenvalue weighted by Gasteiger charge is 2.90. The van der Waals surface area contributed by atoms with E-state index in [0.717, 1.165) is 38.5 Å². The molecule has 0 aromatic rings. The van der Waals surface area contributed by atoms with E-state index in [1.54, 1.807) is 13.8 Å². The summed E-state index contributed by atoms with van der Waals surface area (Å²) in [6.45, 7) is 16.0. The summed E-state index contributed by atoms with van der Waals surface area (Å²) in [5.74, 6) is -1.33. The molecule has 0 amide bonds. The van der Waals surface area contributed by atoms with Crippen LogP contribution in [0.4, 0.5) is 0 Å². The van der Waals surface area contributed by atoms with Gasteiger partial charge in [0.15, 0.2) is 12.1 Å². The van der Waals surface area contributed by atoms with E-state index in [4.69, 9.17) is 23.7 Å². The third-order valence-corrected chi connectivity index (χ3v) is 16.2. The predicted octanol–water partition coefficient (Wildman–Crippen LogP) is 2.66. The van der Waals surface area contributed by atoms with Gasteiger partial charge < -0.3 is 49.2 Å². The van der Waals surface area contributed by atoms with Gasteiger partial charge in [0.25, 0.3) is 0 Å². The lowest BCUT2D eigenvalue weighted by atomic mass is 9.40. The predicted molar refractivity (Wildman–Crippen MR) is 170 cm³/mol. The quantitative estimate of drug-likeness (QED) is 0.219. The van der Waals surface area contributed by atoms with Gasteiger partial charge in [-0.05, 0) is 92.8 Å². The second-order valence-electron chi connectivity index (χ2n) is 18.9. The van der Waals surface area contributed by atoms with E-state index < -0.39 is 65.1 Å². The van der Waals surface area contributed by atoms with Crippen LogP contribution in [-0.2, 0) is 28.5 Å². The molecule has 5 aliphatic carbocycles. The molecular weight excluding hydrogens is 620 g/mol. The Morgan fingerprint density at radius 1 is 0.896 bits per heavy atom. The molecular formula is C37H58O11. The topological polar surface area (TPSA) is 164 Å². The highest BCUT2D eigenvalue weighted by Crippen LogP contribution is 2.90. The summed E-state index contributed by atoms with van der Waals surface area (Å²) in [5, 5.41) is 55.0. The Hall–Kier alpha value is -0.890. The third kappa shape index (κ3) is 3.90. The lowest BCUT2D eigenvalue weighted by molar-refractivity contribution is -0.304. The number of fused-ring (bicyclic) bond motifs is 4. The van der Waals surface area contributed by atoms with Crippen LogP contribution in [-0.4, -0.2) is 105 Å². The maximum atomic E-state index is 12.9. The van der Waals surface area contributed by atoms with Gasteiger partial charge in [0.05, 0.1) is 24.4 Å². The molecule has 8 aliphatic rings. The fourth-order valence-electron chi connectivity index (χ4n) is 14.3. The van der Waals surface area contributed by atoms with Gasteiger partial charge >= 0.3 is 5.97 Å². The lowest BCUT2D eigenvalue weighted by Crippen LogP contribution is -2.65. The van der Waals surface area contributed by atoms with Crippen LogP contribution in [0.2, 0.25) is 0 Å². The molecule has 11 heteroatoms. The summed E-state index contributed by atoms with van der Waals surface area (Å²) in [4.78, 5) is 12.9. The molecule has 4 unspecified atom stereocenters. The molecule has 18 atom stereocenters. The Bertz CT molecular complexity index is 1350. The normalized spacial score (nSPS) is 59.4. The molecule has 48 heavy (non-hydrogen) atoms. The fourth-order valence-corrected chi connectivity index (χ4v) is 14.3. The Morgan fingerprint density at radius 2 is 1.58 bits per heavy atom. The molecule has 3 saturated heterocycles. The minimum absolute atomic E-state index is 0.0317. The van der Waals surface area contributed by atoms with Crippen molar-refractivity contribution in [3.05, 3.63) is 0 Å². The molecule has 2 bridgehead atoms. The number of ether oxygens (including phenoxy) is 5. The van der Waals surface area contributed by atoms with E-state index in [1.807, 2.05) is 0 Å². The van der Waals surface area contributed by atoms with E-state index in [-0.39, 0.29) is 64.7 Å². The first-order chi connectivity index (χ1) is 22.2. The van der Waals surface area contributed by atoms with Gasteiger partial charge in [-0.15, -0.1) is 0 Å². The van der Waals surface area contributed by atoms with Crippen LogP contribution < -0.4 is 0 Å². The molecule has 3 aliphatic heterocycles. The Balaban J connectivity index is 1.16. The first-order valence-electron chi connectivity index (χ1n) is 18.5. The van der Waals surface area contributed by atoms with E-state index in [9.17, 15) is 30.3 Å². The molecule has 8 rings (SSSR count). The van der Waals surface area contributed by atoms with E-state index in [0.29, 0.717) is 6.42 Å². The van der Waals surface area contributed by atoms with Crippen LogP contribution in [0, 0.1) is 50.7 Å². The summed E-state index contributed by atoms with van der Waals surface area (Å²) in [7, 11) is 0. The van der Waals surface area contributed by atoms with Crippen LogP contribution in [0.3, 0.4) is 0 Å². The van der Waals surface area contributed by atoms with Crippen molar-refractivity contribution in [3.63, 3.8) is 0 Å². The van der Waals surface area contributed by atoms with Crippen molar-refractivity contribution >= 4 is 5.97 Å². The number of aliphatic hydroxyl groups is 5. The smallest absolute Gasteiger partial charge is 0.302 e. The van der Waals surface area contributed by atoms with Crippen LogP contribution >= 0.6 is 0 Å². The molecule has 0 aromatic heterocycles. The monoisotopic (exact) mass is 678 g/mol. The van der Waals surface area contributed by atoms with Crippen molar-refractivity contribution in [2.24, 2.45) is 50.7 Å². The van der Waals surface area contributed by atoms with Crippen molar-refractivity contribution in [1.82, 2.24) is 0 Å². The number of carbonyl (C=O) groups excluding carboxylic acids is 1. The van der Waals surface area contributed by atoms with Gasteiger partial charge in [0.2, 0.25) is 0 Å². The molecule has 0 aromatic carbocycles. The third-order valence-electron chi connectivity index (χ3n) is 16.2. The number of hydrogen-bond donors (Lipinski definition) is 5. The highest BCUT2D eigenvalue weighted by molar-refractivity contribution is 5.66. The number of aliphatic hydroxyl groups excluding tert-OH is 4. The average molecular weight is 679 g/mol. The molecule has 3 heterocycles. The van der Waals surface area contributed by atoms with E-state index in [1.165, 1.54) is 6.92 Å². The van der Waals surface area contributed by atoms with Crippen molar-refractivity contribution < 1.29 is 54.0 Å². The summed E-state index contributed by atoms with van der Waals surface area (Å²) in [5.41, 5.74) is -2.98. The van der Waals surface area contributed by atoms with Crippen LogP contribution in [0.5, 0.6) is 0 Å². The minimum atomic E-state index is -1.34. The zero-order valence-corrected chi connectivity index (χ0v) is 29.8. The largest absolute Gasteiger partial charge is 0.462 e. The number of hydrogen-bond acceptors (Lipinski definition) is 11. The van der Waals surface area contributed by atoms with Crippen molar-refractivity contribution in [2.75, 3.05) is 6.61 Å². The molecule has 8 fully saturated rings. The molecule has 5 saturated carbocycles. The first-order valence-corrected chi connectivity index (χ1v) is 18.5. The Morgan fingerprint density at radius 3 is 2.25 bits per heavy atom. The molecule has 0 radical (unpaired) electrons. The first kappa shape index (κ1) is 34.2. The maximum absolute atomic E-state index is 12.9. The van der Waals surface area contributed by atoms with Crippen LogP contribution in [0.15, 0.2) is 0 Å². The minimum Gasteiger partial charge on any atom is -0.462 e. The van der Waals surface area contributed by atoms with Gasteiger partial charge in [0, 0.05) is 23.7 Å².